The van der Waals surface area contributed by atoms with Gasteiger partial charge in [-0.1, -0.05) is 0 Å². The molecule has 0 saturated carbocycles. The summed E-state index contributed by atoms with van der Waals surface area (Å²) in [5.74, 6) is 0. The van der Waals surface area contributed by atoms with Gasteiger partial charge in [0.1, 0.15) is 0 Å². The molecule has 16 heavy (non-hydrogen) atoms. The molecule has 0 aromatic rings. The van der Waals surface area contributed by atoms with Crippen LogP contribution in [0.5, 0.6) is 0 Å². The first kappa shape index (κ1) is 14.4. The smallest absolute Gasteiger partial charge is 0.268 e. The summed E-state index contributed by atoms with van der Waals surface area (Å²) < 4.78 is 14.6. The number of nitrogens with zero attached hydrogens (tertiary/aromatic N) is 1. The maximum atomic E-state index is 6.06. The molecule has 0 bridgehead atoms. The molecule has 0 amide bonds. The third-order valence-electron chi connectivity index (χ3n) is 3.30. The van der Waals surface area contributed by atoms with E-state index in [0.717, 1.165) is 19.4 Å². The predicted octanol–water partition coefficient (Wildman–Crippen LogP) is 2.58. The van der Waals surface area contributed by atoms with Gasteiger partial charge in [-0.05, 0) is 52.5 Å². The molecule has 1 saturated heterocycles. The summed E-state index contributed by atoms with van der Waals surface area (Å²) in [4.78, 5) is 0. The van der Waals surface area contributed by atoms with Gasteiger partial charge in [0.15, 0.2) is 8.32 Å². The normalized spacial score (nSPS) is 27.6. The Hall–Kier alpha value is 0.314. The van der Waals surface area contributed by atoms with Crippen LogP contribution < -0.4 is 0 Å². The van der Waals surface area contributed by atoms with Gasteiger partial charge in [-0.3, -0.25) is 0 Å². The van der Waals surface area contributed by atoms with E-state index in [1.165, 1.54) is 19.0 Å². The molecule has 1 aliphatic heterocycles. The van der Waals surface area contributed by atoms with Crippen LogP contribution in [0.4, 0.5) is 0 Å². The van der Waals surface area contributed by atoms with Crippen LogP contribution >= 0.6 is 0 Å². The van der Waals surface area contributed by atoms with Gasteiger partial charge in [-0.15, -0.1) is 0 Å². The predicted molar refractivity (Wildman–Crippen MR) is 73.3 cm³/mol. The Labute approximate surface area is 102 Å². The number of rotatable bonds is 6. The Bertz CT molecular complexity index is 226. The highest BCUT2D eigenvalue weighted by Gasteiger charge is 2.43. The van der Waals surface area contributed by atoms with Gasteiger partial charge < -0.3 is 13.4 Å². The zero-order valence-corrected chi connectivity index (χ0v) is 13.5. The summed E-state index contributed by atoms with van der Waals surface area (Å²) in [6.07, 6.45) is 2.45. The zero-order valence-electron chi connectivity index (χ0n) is 11.5. The average Bonchev–Trinajstić information content (AvgIpc) is 2.47. The lowest BCUT2D eigenvalue weighted by atomic mass is 10.5. The van der Waals surface area contributed by atoms with Crippen molar-refractivity contribution >= 4 is 16.8 Å². The quantitative estimate of drug-likeness (QED) is 0.686. The Morgan fingerprint density at radius 3 is 2.50 bits per heavy atom. The standard InChI is InChI=1S/C11H27NO2Si2/c1-6-13-15(3,4)11-12-9-8-10-16(12,5)14-7-2/h6-11H2,1-5H3. The van der Waals surface area contributed by atoms with E-state index in [2.05, 4.69) is 38.1 Å². The van der Waals surface area contributed by atoms with Crippen LogP contribution in [0.1, 0.15) is 20.3 Å². The second-order valence-electron chi connectivity index (χ2n) is 5.33. The summed E-state index contributed by atoms with van der Waals surface area (Å²) in [5, 5.41) is 0. The van der Waals surface area contributed by atoms with E-state index in [0.29, 0.717) is 0 Å². The monoisotopic (exact) mass is 261 g/mol. The van der Waals surface area contributed by atoms with E-state index in [4.69, 9.17) is 8.85 Å². The average molecular weight is 262 g/mol. The van der Waals surface area contributed by atoms with Gasteiger partial charge in [0.25, 0.3) is 8.48 Å². The van der Waals surface area contributed by atoms with Gasteiger partial charge in [0.2, 0.25) is 0 Å². The fourth-order valence-corrected chi connectivity index (χ4v) is 9.75. The highest BCUT2D eigenvalue weighted by Crippen LogP contribution is 2.28. The second-order valence-corrected chi connectivity index (χ2v) is 13.2. The molecule has 0 aromatic carbocycles. The molecular formula is C11H27NO2Si2. The molecule has 1 rings (SSSR count). The largest absolute Gasteiger partial charge is 0.416 e. The maximum absolute atomic E-state index is 6.06. The molecule has 0 radical (unpaired) electrons. The van der Waals surface area contributed by atoms with E-state index in [1.807, 2.05) is 0 Å². The second kappa shape index (κ2) is 5.77. The van der Waals surface area contributed by atoms with Crippen molar-refractivity contribution in [3.8, 4) is 0 Å². The van der Waals surface area contributed by atoms with Gasteiger partial charge >= 0.3 is 0 Å². The third kappa shape index (κ3) is 3.66. The Balaban J connectivity index is 2.58. The molecular weight excluding hydrogens is 234 g/mol. The van der Waals surface area contributed by atoms with Gasteiger partial charge in [0.05, 0.1) is 0 Å². The first-order valence-electron chi connectivity index (χ1n) is 6.46. The molecule has 3 nitrogen and oxygen atoms in total. The highest BCUT2D eigenvalue weighted by atomic mass is 28.4. The molecule has 1 fully saturated rings. The van der Waals surface area contributed by atoms with Crippen LogP contribution in [0, 0.1) is 0 Å². The summed E-state index contributed by atoms with van der Waals surface area (Å²) in [6, 6.07) is 1.29. The van der Waals surface area contributed by atoms with E-state index in [9.17, 15) is 0 Å². The fraction of sp³-hybridized carbons (Fsp3) is 1.00. The van der Waals surface area contributed by atoms with Gasteiger partial charge in [-0.2, -0.15) is 0 Å². The molecule has 1 unspecified atom stereocenters. The molecule has 0 N–H and O–H groups in total. The van der Waals surface area contributed by atoms with Crippen molar-refractivity contribution in [2.45, 2.75) is 46.0 Å². The van der Waals surface area contributed by atoms with Crippen LogP contribution in [0.2, 0.25) is 25.7 Å². The van der Waals surface area contributed by atoms with Crippen molar-refractivity contribution < 1.29 is 8.85 Å². The van der Waals surface area contributed by atoms with Crippen molar-refractivity contribution in [1.82, 2.24) is 4.57 Å². The van der Waals surface area contributed by atoms with Crippen molar-refractivity contribution in [2.24, 2.45) is 0 Å². The van der Waals surface area contributed by atoms with Crippen molar-refractivity contribution in [3.05, 3.63) is 0 Å². The van der Waals surface area contributed by atoms with E-state index >= 15 is 0 Å². The summed E-state index contributed by atoms with van der Waals surface area (Å²) in [6.45, 7) is 14.1. The van der Waals surface area contributed by atoms with Gasteiger partial charge in [-0.25, -0.2) is 0 Å². The van der Waals surface area contributed by atoms with E-state index < -0.39 is 16.8 Å². The molecule has 0 aromatic heterocycles. The summed E-state index contributed by atoms with van der Waals surface area (Å²) in [7, 11) is -3.07. The molecule has 1 aliphatic rings. The summed E-state index contributed by atoms with van der Waals surface area (Å²) >= 11 is 0. The Kier molecular flexibility index (Phi) is 5.19. The Morgan fingerprint density at radius 2 is 1.94 bits per heavy atom. The lowest BCUT2D eigenvalue weighted by Crippen LogP contribution is -2.56. The first-order valence-corrected chi connectivity index (χ1v) is 12.1. The van der Waals surface area contributed by atoms with E-state index in [-0.39, 0.29) is 0 Å². The van der Waals surface area contributed by atoms with Crippen LogP contribution in [0.3, 0.4) is 0 Å². The fourth-order valence-electron chi connectivity index (χ4n) is 2.61. The maximum Gasteiger partial charge on any atom is 0.268 e. The van der Waals surface area contributed by atoms with Crippen molar-refractivity contribution in [2.75, 3.05) is 25.9 Å². The highest BCUT2D eigenvalue weighted by molar-refractivity contribution is 6.75. The van der Waals surface area contributed by atoms with E-state index in [1.54, 1.807) is 0 Å². The zero-order chi connectivity index (χ0) is 12.2. The first-order chi connectivity index (χ1) is 7.43. The number of hydrogen-bond acceptors (Lipinski definition) is 3. The molecule has 0 spiro atoms. The molecule has 0 aliphatic carbocycles. The SMILES string of the molecule is CCO[Si](C)(C)CN1CCC[Si]1(C)OCC. The molecule has 96 valence electrons. The van der Waals surface area contributed by atoms with Crippen molar-refractivity contribution in [1.29, 1.82) is 0 Å². The van der Waals surface area contributed by atoms with Crippen LogP contribution in [-0.4, -0.2) is 47.3 Å². The van der Waals surface area contributed by atoms with Crippen LogP contribution in [-0.2, 0) is 8.85 Å². The lowest BCUT2D eigenvalue weighted by molar-refractivity contribution is 0.267. The lowest BCUT2D eigenvalue weighted by Gasteiger charge is -2.36. The molecule has 5 heteroatoms. The number of hydrogen-bond donors (Lipinski definition) is 0. The topological polar surface area (TPSA) is 21.7 Å². The third-order valence-corrected chi connectivity index (χ3v) is 9.74. The minimum Gasteiger partial charge on any atom is -0.416 e. The molecule has 1 atom stereocenters. The van der Waals surface area contributed by atoms with Crippen molar-refractivity contribution in [3.63, 3.8) is 0 Å². The van der Waals surface area contributed by atoms with Crippen LogP contribution in [0.15, 0.2) is 0 Å². The molecule has 1 heterocycles. The van der Waals surface area contributed by atoms with Gasteiger partial charge in [0, 0.05) is 19.4 Å². The van der Waals surface area contributed by atoms with Crippen LogP contribution in [0.25, 0.3) is 0 Å². The minimum absolute atomic E-state index is 0.847. The summed E-state index contributed by atoms with van der Waals surface area (Å²) in [5.41, 5.74) is 0. The minimum atomic E-state index is -1.57. The Morgan fingerprint density at radius 1 is 1.25 bits per heavy atom.